The Bertz CT molecular complexity index is 758. The van der Waals surface area contributed by atoms with Crippen molar-refractivity contribution >= 4 is 9.84 Å². The van der Waals surface area contributed by atoms with Crippen molar-refractivity contribution in [3.8, 4) is 0 Å². The molecule has 1 aliphatic carbocycles. The first-order valence-electron chi connectivity index (χ1n) is 8.53. The Hall–Kier alpha value is -1.53. The first-order chi connectivity index (χ1) is 11.6. The topological polar surface area (TPSA) is 61.8 Å². The maximum atomic E-state index is 13.3. The van der Waals surface area contributed by atoms with Gasteiger partial charge in [0.2, 0.25) is 5.79 Å². The molecule has 1 saturated carbocycles. The van der Waals surface area contributed by atoms with Crippen LogP contribution in [0.3, 0.4) is 0 Å². The van der Waals surface area contributed by atoms with Gasteiger partial charge in [-0.3, -0.25) is 0 Å². The summed E-state index contributed by atoms with van der Waals surface area (Å²) in [6.45, 7) is 7.48. The summed E-state index contributed by atoms with van der Waals surface area (Å²) in [7, 11) is -3.51. The molecular weight excluding hydrogens is 340 g/mol. The van der Waals surface area contributed by atoms with Gasteiger partial charge < -0.3 is 14.2 Å². The normalized spacial score (nSPS) is 21.2. The van der Waals surface area contributed by atoms with Crippen molar-refractivity contribution in [2.24, 2.45) is 0 Å². The van der Waals surface area contributed by atoms with Crippen LogP contribution < -0.4 is 0 Å². The maximum Gasteiger partial charge on any atom is 0.244 e. The van der Waals surface area contributed by atoms with Gasteiger partial charge in [0.25, 0.3) is 0 Å². The SMILES string of the molecule is CC1(C)OC=C(C(C)(C)S(=O)(=O)C2(COCc3ccccc3)CC2)O1. The zero-order chi connectivity index (χ0) is 18.3. The Balaban J connectivity index is 1.70. The number of hydrogen-bond acceptors (Lipinski definition) is 5. The molecule has 6 heteroatoms. The highest BCUT2D eigenvalue weighted by molar-refractivity contribution is 7.94. The van der Waals surface area contributed by atoms with E-state index < -0.39 is 25.1 Å². The molecule has 2 aliphatic rings. The van der Waals surface area contributed by atoms with Gasteiger partial charge in [-0.05, 0) is 32.3 Å². The van der Waals surface area contributed by atoms with Crippen LogP contribution in [-0.2, 0) is 30.7 Å². The molecule has 0 saturated heterocycles. The van der Waals surface area contributed by atoms with Gasteiger partial charge in [-0.2, -0.15) is 0 Å². The first-order valence-corrected chi connectivity index (χ1v) is 10.0. The molecule has 0 aromatic heterocycles. The second kappa shape index (κ2) is 6.02. The van der Waals surface area contributed by atoms with Gasteiger partial charge in [0.05, 0.1) is 18.0 Å². The summed E-state index contributed by atoms with van der Waals surface area (Å²) in [6.07, 6.45) is 2.66. The van der Waals surface area contributed by atoms with Gasteiger partial charge in [0.15, 0.2) is 15.6 Å². The lowest BCUT2D eigenvalue weighted by molar-refractivity contribution is -0.119. The second-order valence-electron chi connectivity index (χ2n) is 7.78. The minimum atomic E-state index is -3.51. The molecule has 0 unspecified atom stereocenters. The monoisotopic (exact) mass is 366 g/mol. The summed E-state index contributed by atoms with van der Waals surface area (Å²) in [5.41, 5.74) is 1.03. The molecule has 1 aromatic carbocycles. The Morgan fingerprint density at radius 1 is 1.16 bits per heavy atom. The van der Waals surface area contributed by atoms with Crippen LogP contribution in [-0.4, -0.2) is 30.3 Å². The molecule has 1 aliphatic heterocycles. The van der Waals surface area contributed by atoms with Crippen molar-refractivity contribution in [1.29, 1.82) is 0 Å². The van der Waals surface area contributed by atoms with E-state index in [-0.39, 0.29) is 6.61 Å². The first kappa shape index (κ1) is 18.3. The minimum Gasteiger partial charge on any atom is -0.457 e. The number of benzene rings is 1. The van der Waals surface area contributed by atoms with Crippen molar-refractivity contribution < 1.29 is 22.6 Å². The molecule has 0 spiro atoms. The molecule has 138 valence electrons. The van der Waals surface area contributed by atoms with E-state index in [2.05, 4.69) is 0 Å². The number of sulfone groups is 1. The number of hydrogen-bond donors (Lipinski definition) is 0. The predicted molar refractivity (Wildman–Crippen MR) is 95.4 cm³/mol. The third-order valence-electron chi connectivity index (χ3n) is 4.93. The highest BCUT2D eigenvalue weighted by Gasteiger charge is 2.62. The molecule has 0 amide bonds. The fourth-order valence-electron chi connectivity index (χ4n) is 3.01. The second-order valence-corrected chi connectivity index (χ2v) is 10.7. The average molecular weight is 366 g/mol. The lowest BCUT2D eigenvalue weighted by Crippen LogP contribution is -2.45. The van der Waals surface area contributed by atoms with Crippen LogP contribution in [0.25, 0.3) is 0 Å². The number of rotatable bonds is 7. The van der Waals surface area contributed by atoms with Crippen LogP contribution in [0.4, 0.5) is 0 Å². The van der Waals surface area contributed by atoms with E-state index in [4.69, 9.17) is 14.2 Å². The molecule has 5 nitrogen and oxygen atoms in total. The van der Waals surface area contributed by atoms with Crippen LogP contribution in [0.1, 0.15) is 46.1 Å². The number of ether oxygens (including phenoxy) is 3. The zero-order valence-electron chi connectivity index (χ0n) is 15.2. The molecule has 0 radical (unpaired) electrons. The van der Waals surface area contributed by atoms with E-state index in [1.54, 1.807) is 27.7 Å². The minimum absolute atomic E-state index is 0.200. The molecule has 0 N–H and O–H groups in total. The van der Waals surface area contributed by atoms with E-state index in [0.29, 0.717) is 25.2 Å². The Labute approximate surface area is 149 Å². The van der Waals surface area contributed by atoms with Gasteiger partial charge in [-0.15, -0.1) is 0 Å². The summed E-state index contributed by atoms with van der Waals surface area (Å²) < 4.78 is 41.6. The van der Waals surface area contributed by atoms with Crippen molar-refractivity contribution in [1.82, 2.24) is 0 Å². The smallest absolute Gasteiger partial charge is 0.244 e. The summed E-state index contributed by atoms with van der Waals surface area (Å²) in [4.78, 5) is 0. The third-order valence-corrected chi connectivity index (χ3v) is 8.14. The van der Waals surface area contributed by atoms with E-state index in [1.807, 2.05) is 30.3 Å². The summed E-state index contributed by atoms with van der Waals surface area (Å²) in [5.74, 6) is -0.477. The zero-order valence-corrected chi connectivity index (χ0v) is 16.1. The highest BCUT2D eigenvalue weighted by Crippen LogP contribution is 2.51. The standard InChI is InChI=1S/C19H26O5S/c1-17(2,16-13-23-18(3,4)24-16)25(20,21)19(10-11-19)14-22-12-15-8-6-5-7-9-15/h5-9,13H,10-12,14H2,1-4H3. The van der Waals surface area contributed by atoms with Gasteiger partial charge in [0, 0.05) is 13.8 Å². The Morgan fingerprint density at radius 3 is 2.32 bits per heavy atom. The fraction of sp³-hybridized carbons (Fsp3) is 0.579. The molecule has 1 heterocycles. The Kier molecular flexibility index (Phi) is 4.40. The van der Waals surface area contributed by atoms with Gasteiger partial charge >= 0.3 is 0 Å². The van der Waals surface area contributed by atoms with E-state index in [0.717, 1.165) is 5.56 Å². The molecule has 1 aromatic rings. The van der Waals surface area contributed by atoms with Gasteiger partial charge in [-0.25, -0.2) is 8.42 Å². The molecule has 0 atom stereocenters. The third kappa shape index (κ3) is 3.29. The molecular formula is C19H26O5S. The van der Waals surface area contributed by atoms with Crippen molar-refractivity contribution in [3.05, 3.63) is 47.9 Å². The predicted octanol–water partition coefficient (Wildman–Crippen LogP) is 3.55. The lowest BCUT2D eigenvalue weighted by Gasteiger charge is -2.31. The largest absolute Gasteiger partial charge is 0.457 e. The van der Waals surface area contributed by atoms with Crippen molar-refractivity contribution in [2.45, 2.75) is 62.4 Å². The van der Waals surface area contributed by atoms with E-state index in [1.165, 1.54) is 6.26 Å². The average Bonchev–Trinajstić information content (AvgIpc) is 3.25. The maximum absolute atomic E-state index is 13.3. The van der Waals surface area contributed by atoms with Gasteiger partial charge in [0.1, 0.15) is 11.0 Å². The Morgan fingerprint density at radius 2 is 1.80 bits per heavy atom. The van der Waals surface area contributed by atoms with Crippen LogP contribution >= 0.6 is 0 Å². The molecule has 0 bridgehead atoms. The summed E-state index contributed by atoms with van der Waals surface area (Å²) in [6, 6.07) is 9.76. The molecule has 3 rings (SSSR count). The lowest BCUT2D eigenvalue weighted by atomic mass is 10.2. The quantitative estimate of drug-likeness (QED) is 0.738. The van der Waals surface area contributed by atoms with Crippen molar-refractivity contribution in [2.75, 3.05) is 6.61 Å². The summed E-state index contributed by atoms with van der Waals surface area (Å²) >= 11 is 0. The highest BCUT2D eigenvalue weighted by atomic mass is 32.2. The fourth-order valence-corrected chi connectivity index (χ4v) is 5.32. The van der Waals surface area contributed by atoms with Crippen LogP contribution in [0, 0.1) is 0 Å². The van der Waals surface area contributed by atoms with E-state index in [9.17, 15) is 8.42 Å². The van der Waals surface area contributed by atoms with E-state index >= 15 is 0 Å². The van der Waals surface area contributed by atoms with Crippen molar-refractivity contribution in [3.63, 3.8) is 0 Å². The molecule has 25 heavy (non-hydrogen) atoms. The van der Waals surface area contributed by atoms with Crippen LogP contribution in [0.15, 0.2) is 42.4 Å². The summed E-state index contributed by atoms with van der Waals surface area (Å²) in [5, 5.41) is 0. The molecule has 1 fully saturated rings. The van der Waals surface area contributed by atoms with Crippen LogP contribution in [0.2, 0.25) is 0 Å². The van der Waals surface area contributed by atoms with Crippen LogP contribution in [0.5, 0.6) is 0 Å². The van der Waals surface area contributed by atoms with Gasteiger partial charge in [-0.1, -0.05) is 30.3 Å².